The molecule has 0 bridgehead atoms. The maximum absolute atomic E-state index is 11.3. The molecule has 5 rings (SSSR count). The van der Waals surface area contributed by atoms with E-state index in [1.807, 2.05) is 6.08 Å². The topological polar surface area (TPSA) is 43.8 Å². The number of hydrogen-bond donors (Lipinski definition) is 1. The Morgan fingerprint density at radius 3 is 1.79 bits per heavy atom. The smallest absolute Gasteiger partial charge is 0.307 e. The van der Waals surface area contributed by atoms with E-state index in [9.17, 15) is 9.90 Å². The van der Waals surface area contributed by atoms with Crippen LogP contribution in [0, 0.1) is 0 Å². The van der Waals surface area contributed by atoms with Crippen LogP contribution in [0.5, 0.6) is 0 Å². The number of aliphatic carboxylic acids is 1. The van der Waals surface area contributed by atoms with E-state index in [0.29, 0.717) is 0 Å². The predicted octanol–water partition coefficient (Wildman–Crippen LogP) is 3.15. The van der Waals surface area contributed by atoms with Crippen LogP contribution in [0.1, 0.15) is 30.4 Å². The zero-order chi connectivity index (χ0) is 20.2. The first kappa shape index (κ1) is 18.5. The Morgan fingerprint density at radius 2 is 1.41 bits per heavy atom. The van der Waals surface area contributed by atoms with Crippen LogP contribution in [-0.4, -0.2) is 45.3 Å². The summed E-state index contributed by atoms with van der Waals surface area (Å²) in [5, 5.41) is 12.2. The lowest BCUT2D eigenvalue weighted by molar-refractivity contribution is -0.135. The highest BCUT2D eigenvalue weighted by Crippen LogP contribution is 2.34. The molecule has 0 aromatic heterocycles. The van der Waals surface area contributed by atoms with Crippen molar-refractivity contribution in [3.05, 3.63) is 53.6 Å². The number of hydrogen-bond acceptors (Lipinski definition) is 3. The second-order valence-electron chi connectivity index (χ2n) is 8.98. The monoisotopic (exact) mass is 404 g/mol. The van der Waals surface area contributed by atoms with Crippen molar-refractivity contribution in [2.24, 2.45) is 0 Å². The Morgan fingerprint density at radius 1 is 0.931 bits per heavy atom. The highest BCUT2D eigenvalue weighted by Gasteiger charge is 2.38. The van der Waals surface area contributed by atoms with Crippen LogP contribution < -0.4 is 20.2 Å². The van der Waals surface area contributed by atoms with Crippen LogP contribution in [0.3, 0.4) is 0 Å². The van der Waals surface area contributed by atoms with Gasteiger partial charge in [-0.1, -0.05) is 31.3 Å². The summed E-state index contributed by atoms with van der Waals surface area (Å²) in [5.41, 5.74) is 6.19. The van der Waals surface area contributed by atoms with Crippen molar-refractivity contribution in [1.29, 1.82) is 0 Å². The molecule has 29 heavy (non-hydrogen) atoms. The van der Waals surface area contributed by atoms with E-state index in [4.69, 9.17) is 0 Å². The molecule has 0 amide bonds. The molecule has 3 aliphatic rings. The summed E-state index contributed by atoms with van der Waals surface area (Å²) >= 11 is 0. The molecule has 2 saturated heterocycles. The van der Waals surface area contributed by atoms with Crippen molar-refractivity contribution in [3.63, 3.8) is 0 Å². The maximum Gasteiger partial charge on any atom is 0.307 e. The molecule has 0 aliphatic carbocycles. The van der Waals surface area contributed by atoms with E-state index < -0.39 is 14.0 Å². The van der Waals surface area contributed by atoms with Gasteiger partial charge >= 0.3 is 5.97 Å². The molecule has 3 heterocycles. The number of carbonyl (C=O) groups is 1. The fourth-order valence-electron chi connectivity index (χ4n) is 4.81. The summed E-state index contributed by atoms with van der Waals surface area (Å²) < 4.78 is 0. The molecule has 2 aromatic carbocycles. The molecule has 0 spiro atoms. The Hall–Kier alpha value is -2.53. The summed E-state index contributed by atoms with van der Waals surface area (Å²) in [6.07, 6.45) is 4.50. The molecule has 150 valence electrons. The van der Waals surface area contributed by atoms with Gasteiger partial charge in [0.1, 0.15) is 8.07 Å². The van der Waals surface area contributed by atoms with Gasteiger partial charge in [0.05, 0.1) is 6.42 Å². The van der Waals surface area contributed by atoms with E-state index in [2.05, 4.69) is 59.3 Å². The average molecular weight is 405 g/mol. The third-order valence-corrected chi connectivity index (χ3v) is 10.4. The normalized spacial score (nSPS) is 19.0. The highest BCUT2D eigenvalue weighted by atomic mass is 28.3. The molecule has 1 N–H and O–H groups in total. The number of nitrogens with zero attached hydrogens (tertiary/aromatic N) is 2. The summed E-state index contributed by atoms with van der Waals surface area (Å²) in [5.74, 6) is -0.780. The molecular weight excluding hydrogens is 376 g/mol. The van der Waals surface area contributed by atoms with Gasteiger partial charge in [0.25, 0.3) is 0 Å². The first-order chi connectivity index (χ1) is 13.9. The Bertz CT molecular complexity index is 950. The maximum atomic E-state index is 11.3. The van der Waals surface area contributed by atoms with Crippen molar-refractivity contribution in [1.82, 2.24) is 0 Å². The summed E-state index contributed by atoms with van der Waals surface area (Å²) in [4.78, 5) is 16.2. The zero-order valence-electron chi connectivity index (χ0n) is 17.2. The van der Waals surface area contributed by atoms with Crippen LogP contribution in [0.4, 0.5) is 11.4 Å². The number of rotatable bonds is 4. The highest BCUT2D eigenvalue weighted by molar-refractivity contribution is 7.02. The quantitative estimate of drug-likeness (QED) is 0.795. The van der Waals surface area contributed by atoms with Crippen molar-refractivity contribution < 1.29 is 9.90 Å². The lowest BCUT2D eigenvalue weighted by atomic mass is 9.94. The molecule has 3 aliphatic heterocycles. The van der Waals surface area contributed by atoms with Crippen LogP contribution in [0.15, 0.2) is 42.5 Å². The van der Waals surface area contributed by atoms with E-state index in [0.717, 1.165) is 31.8 Å². The second kappa shape index (κ2) is 6.77. The zero-order valence-corrected chi connectivity index (χ0v) is 18.2. The number of carboxylic acids is 1. The lowest BCUT2D eigenvalue weighted by Crippen LogP contribution is -2.58. The minimum absolute atomic E-state index is 0.0535. The van der Waals surface area contributed by atoms with Crippen molar-refractivity contribution in [2.75, 3.05) is 36.0 Å². The van der Waals surface area contributed by atoms with Gasteiger partial charge in [-0.05, 0) is 64.2 Å². The number of benzene rings is 2. The van der Waals surface area contributed by atoms with E-state index >= 15 is 0 Å². The average Bonchev–Trinajstić information content (AvgIpc) is 2.59. The van der Waals surface area contributed by atoms with Gasteiger partial charge in [0.15, 0.2) is 0 Å². The molecule has 0 atom stereocenters. The van der Waals surface area contributed by atoms with E-state index in [-0.39, 0.29) is 6.42 Å². The predicted molar refractivity (Wildman–Crippen MR) is 123 cm³/mol. The molecular formula is C24H28N2O2Si. The van der Waals surface area contributed by atoms with Gasteiger partial charge < -0.3 is 14.9 Å². The SMILES string of the molecule is C[Si]1(C)c2cc(N3CCC3)ccc2C(=CCC(=O)O)c2ccc(N3CCC3)cc21. The van der Waals surface area contributed by atoms with E-state index in [1.165, 1.54) is 45.7 Å². The van der Waals surface area contributed by atoms with Crippen molar-refractivity contribution in [3.8, 4) is 0 Å². The summed E-state index contributed by atoms with van der Waals surface area (Å²) in [6, 6.07) is 13.7. The van der Waals surface area contributed by atoms with Crippen LogP contribution in [0.2, 0.25) is 13.1 Å². The van der Waals surface area contributed by atoms with Gasteiger partial charge in [0, 0.05) is 37.6 Å². The standard InChI is InChI=1S/C24H28N2O2Si/c1-29(2)22-15-17(25-11-3-12-25)5-7-20(22)19(9-10-24(27)28)21-8-6-18(16-23(21)29)26-13-4-14-26/h5-9,15-16H,3-4,10-14H2,1-2H3,(H,27,28). The van der Waals surface area contributed by atoms with E-state index in [1.54, 1.807) is 0 Å². The minimum atomic E-state index is -1.90. The molecule has 2 aromatic rings. The van der Waals surface area contributed by atoms with Gasteiger partial charge in [-0.2, -0.15) is 0 Å². The van der Waals surface area contributed by atoms with Crippen molar-refractivity contribution >= 4 is 41.4 Å². The van der Waals surface area contributed by atoms with Crippen LogP contribution in [0.25, 0.3) is 5.57 Å². The molecule has 0 unspecified atom stereocenters. The molecule has 0 saturated carbocycles. The Labute approximate surface area is 173 Å². The molecule has 5 heteroatoms. The largest absolute Gasteiger partial charge is 0.481 e. The van der Waals surface area contributed by atoms with Gasteiger partial charge in [-0.3, -0.25) is 4.79 Å². The van der Waals surface area contributed by atoms with Crippen LogP contribution in [-0.2, 0) is 4.79 Å². The van der Waals surface area contributed by atoms with Gasteiger partial charge in [-0.25, -0.2) is 0 Å². The molecule has 0 radical (unpaired) electrons. The Kier molecular flexibility index (Phi) is 4.31. The van der Waals surface area contributed by atoms with Crippen LogP contribution >= 0.6 is 0 Å². The molecule has 4 nitrogen and oxygen atoms in total. The van der Waals surface area contributed by atoms with Crippen molar-refractivity contribution in [2.45, 2.75) is 32.4 Å². The fourth-order valence-corrected chi connectivity index (χ4v) is 7.90. The van der Waals surface area contributed by atoms with Gasteiger partial charge in [0.2, 0.25) is 0 Å². The number of fused-ring (bicyclic) bond motifs is 2. The summed E-state index contributed by atoms with van der Waals surface area (Å²) in [6.45, 7) is 9.43. The minimum Gasteiger partial charge on any atom is -0.481 e. The lowest BCUT2D eigenvalue weighted by Gasteiger charge is -2.40. The first-order valence-corrected chi connectivity index (χ1v) is 13.7. The Balaban J connectivity index is 1.68. The van der Waals surface area contributed by atoms with Gasteiger partial charge in [-0.15, -0.1) is 0 Å². The molecule has 2 fully saturated rings. The fraction of sp³-hybridized carbons (Fsp3) is 0.375. The summed E-state index contributed by atoms with van der Waals surface area (Å²) in [7, 11) is -1.90. The third kappa shape index (κ3) is 2.99. The first-order valence-electron chi connectivity index (χ1n) is 10.7. The number of carboxylic acid groups (broad SMARTS) is 1. The number of anilines is 2. The second-order valence-corrected chi connectivity index (χ2v) is 13.3. The third-order valence-electron chi connectivity index (χ3n) is 6.86.